The summed E-state index contributed by atoms with van der Waals surface area (Å²) in [6.07, 6.45) is 0. The number of primary amides is 1. The summed E-state index contributed by atoms with van der Waals surface area (Å²) >= 11 is 3.53. The maximum absolute atomic E-state index is 11.0. The number of ether oxygens (including phenoxy) is 1. The minimum atomic E-state index is -0.413. The van der Waals surface area contributed by atoms with Gasteiger partial charge in [-0.25, -0.2) is 0 Å². The average molecular weight is 349 g/mol. The van der Waals surface area contributed by atoms with Gasteiger partial charge in [-0.15, -0.1) is 0 Å². The molecule has 2 aromatic carbocycles. The van der Waals surface area contributed by atoms with Crippen LogP contribution in [-0.4, -0.2) is 13.0 Å². The molecule has 0 aliphatic rings. The van der Waals surface area contributed by atoms with Crippen molar-refractivity contribution in [2.75, 3.05) is 12.4 Å². The molecule has 0 radical (unpaired) electrons. The van der Waals surface area contributed by atoms with E-state index in [0.29, 0.717) is 18.7 Å². The molecule has 5 heteroatoms. The van der Waals surface area contributed by atoms with Gasteiger partial charge in [0.05, 0.1) is 6.61 Å². The van der Waals surface area contributed by atoms with Crippen LogP contribution in [0.25, 0.3) is 0 Å². The van der Waals surface area contributed by atoms with Crippen LogP contribution in [0.2, 0.25) is 0 Å². The van der Waals surface area contributed by atoms with Crippen molar-refractivity contribution >= 4 is 27.5 Å². The third-order valence-corrected chi connectivity index (χ3v) is 3.87. The molecule has 4 nitrogen and oxygen atoms in total. The van der Waals surface area contributed by atoms with Crippen molar-refractivity contribution in [3.63, 3.8) is 0 Å². The monoisotopic (exact) mass is 348 g/mol. The molecule has 0 heterocycles. The van der Waals surface area contributed by atoms with Crippen molar-refractivity contribution in [3.05, 3.63) is 63.6 Å². The minimum Gasteiger partial charge on any atom is -0.381 e. The Morgan fingerprint density at radius 1 is 1.24 bits per heavy atom. The van der Waals surface area contributed by atoms with Gasteiger partial charge in [0.2, 0.25) is 5.91 Å². The molecule has 0 fully saturated rings. The zero-order valence-corrected chi connectivity index (χ0v) is 13.3. The van der Waals surface area contributed by atoms with Gasteiger partial charge in [0.1, 0.15) is 0 Å². The first-order valence-electron chi connectivity index (χ1n) is 6.50. The summed E-state index contributed by atoms with van der Waals surface area (Å²) in [6, 6.07) is 13.2. The molecule has 0 aromatic heterocycles. The van der Waals surface area contributed by atoms with E-state index in [2.05, 4.69) is 21.2 Å². The molecular formula is C16H17BrN2O2. The Kier molecular flexibility index (Phi) is 5.36. The van der Waals surface area contributed by atoms with Gasteiger partial charge < -0.3 is 15.8 Å². The number of carbonyl (C=O) groups excluding carboxylic acids is 1. The maximum Gasteiger partial charge on any atom is 0.248 e. The van der Waals surface area contributed by atoms with Crippen LogP contribution >= 0.6 is 15.9 Å². The predicted octanol–water partition coefficient (Wildman–Crippen LogP) is 3.31. The van der Waals surface area contributed by atoms with E-state index in [1.165, 1.54) is 0 Å². The number of hydrogen-bond donors (Lipinski definition) is 2. The van der Waals surface area contributed by atoms with E-state index >= 15 is 0 Å². The van der Waals surface area contributed by atoms with Gasteiger partial charge in [-0.2, -0.15) is 0 Å². The molecule has 0 unspecified atom stereocenters. The highest BCUT2D eigenvalue weighted by molar-refractivity contribution is 9.10. The van der Waals surface area contributed by atoms with Crippen LogP contribution in [0.4, 0.5) is 5.69 Å². The molecule has 3 N–H and O–H groups in total. The van der Waals surface area contributed by atoms with E-state index < -0.39 is 5.91 Å². The predicted molar refractivity (Wildman–Crippen MR) is 87.1 cm³/mol. The quantitative estimate of drug-likeness (QED) is 0.841. The highest BCUT2D eigenvalue weighted by Crippen LogP contribution is 2.26. The Bertz CT molecular complexity index is 627. The molecule has 21 heavy (non-hydrogen) atoms. The molecule has 0 saturated carbocycles. The zero-order valence-electron chi connectivity index (χ0n) is 11.7. The molecule has 0 aliphatic carbocycles. The van der Waals surface area contributed by atoms with Gasteiger partial charge in [0.15, 0.2) is 0 Å². The van der Waals surface area contributed by atoms with E-state index in [4.69, 9.17) is 10.5 Å². The number of rotatable bonds is 6. The Labute approximate surface area is 132 Å². The molecule has 0 aliphatic heterocycles. The van der Waals surface area contributed by atoms with Crippen molar-refractivity contribution < 1.29 is 9.53 Å². The van der Waals surface area contributed by atoms with E-state index in [9.17, 15) is 4.79 Å². The van der Waals surface area contributed by atoms with Gasteiger partial charge in [-0.1, -0.05) is 34.1 Å². The van der Waals surface area contributed by atoms with Crippen LogP contribution in [0.1, 0.15) is 21.5 Å². The first kappa shape index (κ1) is 15.5. The molecule has 110 valence electrons. The number of hydrogen-bond acceptors (Lipinski definition) is 3. The molecule has 0 bridgehead atoms. The Morgan fingerprint density at radius 3 is 2.57 bits per heavy atom. The number of nitrogens with one attached hydrogen (secondary N) is 1. The lowest BCUT2D eigenvalue weighted by atomic mass is 10.1. The van der Waals surface area contributed by atoms with Gasteiger partial charge in [0, 0.05) is 34.9 Å². The lowest BCUT2D eigenvalue weighted by molar-refractivity contribution is 0.100. The summed E-state index contributed by atoms with van der Waals surface area (Å²) in [5, 5.41) is 3.38. The van der Waals surface area contributed by atoms with Crippen LogP contribution in [0.15, 0.2) is 46.9 Å². The Balaban J connectivity index is 2.09. The summed E-state index contributed by atoms with van der Waals surface area (Å²) in [6.45, 7) is 1.19. The molecule has 2 aromatic rings. The minimum absolute atomic E-state index is 0.413. The first-order chi connectivity index (χ1) is 10.1. The third kappa shape index (κ3) is 4.06. The second kappa shape index (κ2) is 7.24. The van der Waals surface area contributed by atoms with E-state index in [0.717, 1.165) is 21.3 Å². The van der Waals surface area contributed by atoms with Gasteiger partial charge in [-0.3, -0.25) is 4.79 Å². The van der Waals surface area contributed by atoms with Crippen molar-refractivity contribution in [1.29, 1.82) is 0 Å². The maximum atomic E-state index is 11.0. The fourth-order valence-electron chi connectivity index (χ4n) is 2.00. The fraction of sp³-hybridized carbons (Fsp3) is 0.188. The largest absolute Gasteiger partial charge is 0.381 e. The summed E-state index contributed by atoms with van der Waals surface area (Å²) in [4.78, 5) is 11.0. The van der Waals surface area contributed by atoms with Crippen LogP contribution in [0.3, 0.4) is 0 Å². The second-order valence-corrected chi connectivity index (χ2v) is 5.47. The molecule has 1 amide bonds. The third-order valence-electron chi connectivity index (χ3n) is 3.13. The number of anilines is 1. The summed E-state index contributed by atoms with van der Waals surface area (Å²) in [5.74, 6) is -0.413. The Hall–Kier alpha value is -1.85. The van der Waals surface area contributed by atoms with Gasteiger partial charge in [-0.05, 0) is 29.8 Å². The van der Waals surface area contributed by atoms with Crippen LogP contribution in [0.5, 0.6) is 0 Å². The van der Waals surface area contributed by atoms with Crippen molar-refractivity contribution in [2.45, 2.75) is 13.2 Å². The molecular weight excluding hydrogens is 332 g/mol. The van der Waals surface area contributed by atoms with E-state index in [1.807, 2.05) is 30.3 Å². The SMILES string of the molecule is COCc1c(Br)cccc1NCc1ccc(C(N)=O)cc1. The molecule has 0 saturated heterocycles. The highest BCUT2D eigenvalue weighted by atomic mass is 79.9. The van der Waals surface area contributed by atoms with E-state index in [-0.39, 0.29) is 0 Å². The first-order valence-corrected chi connectivity index (χ1v) is 7.30. The van der Waals surface area contributed by atoms with Gasteiger partial charge in [0.25, 0.3) is 0 Å². The average Bonchev–Trinajstić information content (AvgIpc) is 2.48. The lowest BCUT2D eigenvalue weighted by Crippen LogP contribution is -2.11. The van der Waals surface area contributed by atoms with Crippen molar-refractivity contribution in [3.8, 4) is 0 Å². The van der Waals surface area contributed by atoms with Gasteiger partial charge >= 0.3 is 0 Å². The van der Waals surface area contributed by atoms with E-state index in [1.54, 1.807) is 19.2 Å². The lowest BCUT2D eigenvalue weighted by Gasteiger charge is -2.13. The number of nitrogens with two attached hydrogens (primary N) is 1. The fourth-order valence-corrected chi connectivity index (χ4v) is 2.48. The zero-order chi connectivity index (χ0) is 15.2. The topological polar surface area (TPSA) is 64.3 Å². The normalized spacial score (nSPS) is 10.4. The number of amides is 1. The molecule has 0 atom stereocenters. The number of carbonyl (C=O) groups is 1. The van der Waals surface area contributed by atoms with Crippen molar-refractivity contribution in [2.24, 2.45) is 5.73 Å². The number of benzene rings is 2. The number of methoxy groups -OCH3 is 1. The summed E-state index contributed by atoms with van der Waals surface area (Å²) < 4.78 is 6.23. The smallest absolute Gasteiger partial charge is 0.248 e. The summed E-state index contributed by atoms with van der Waals surface area (Å²) in [7, 11) is 1.67. The molecule has 2 rings (SSSR count). The standard InChI is InChI=1S/C16H17BrN2O2/c1-21-10-13-14(17)3-2-4-15(13)19-9-11-5-7-12(8-6-11)16(18)20/h2-8,19H,9-10H2,1H3,(H2,18,20). The van der Waals surface area contributed by atoms with Crippen LogP contribution in [-0.2, 0) is 17.9 Å². The summed E-state index contributed by atoms with van der Waals surface area (Å²) in [5.41, 5.74) is 8.91. The van der Waals surface area contributed by atoms with Crippen LogP contribution in [0, 0.1) is 0 Å². The second-order valence-electron chi connectivity index (χ2n) is 4.61. The van der Waals surface area contributed by atoms with Crippen LogP contribution < -0.4 is 11.1 Å². The Morgan fingerprint density at radius 2 is 1.95 bits per heavy atom. The molecule has 0 spiro atoms. The number of halogens is 1. The van der Waals surface area contributed by atoms with Crippen molar-refractivity contribution in [1.82, 2.24) is 0 Å². The highest BCUT2D eigenvalue weighted by Gasteiger charge is 2.06.